The molecule has 0 saturated carbocycles. The average molecular weight is 251 g/mol. The minimum Gasteiger partial charge on any atom is -0.497 e. The third kappa shape index (κ3) is 3.62. The van der Waals surface area contributed by atoms with Gasteiger partial charge in [-0.05, 0) is 18.6 Å². The summed E-state index contributed by atoms with van der Waals surface area (Å²) < 4.78 is 15.7. The Labute approximate surface area is 107 Å². The van der Waals surface area contributed by atoms with Crippen molar-refractivity contribution in [2.45, 2.75) is 12.5 Å². The number of hydrogen-bond acceptors (Lipinski definition) is 5. The first-order valence-electron chi connectivity index (χ1n) is 5.60. The minimum absolute atomic E-state index is 0.0396. The number of aliphatic hydroxyl groups excluding tert-OH is 1. The van der Waals surface area contributed by atoms with Crippen molar-refractivity contribution < 1.29 is 19.3 Å². The minimum atomic E-state index is -0.711. The topological polar surface area (TPSA) is 71.7 Å². The Bertz CT molecular complexity index is 414. The lowest BCUT2D eigenvalue weighted by Gasteiger charge is -2.15. The van der Waals surface area contributed by atoms with Gasteiger partial charge in [0.2, 0.25) is 0 Å². The molecular formula is C13H17NO4. The zero-order valence-electron chi connectivity index (χ0n) is 10.5. The lowest BCUT2D eigenvalue weighted by molar-refractivity contribution is 0.0758. The van der Waals surface area contributed by atoms with E-state index in [4.69, 9.17) is 24.6 Å². The maximum atomic E-state index is 9.10. The molecule has 0 fully saturated rings. The molecular weight excluding hydrogens is 234 g/mol. The van der Waals surface area contributed by atoms with E-state index in [1.54, 1.807) is 25.3 Å². The molecule has 5 nitrogen and oxygen atoms in total. The number of ether oxygens (including phenoxy) is 3. The maximum absolute atomic E-state index is 9.10. The highest BCUT2D eigenvalue weighted by Crippen LogP contribution is 2.31. The lowest BCUT2D eigenvalue weighted by Crippen LogP contribution is -2.06. The van der Waals surface area contributed by atoms with Crippen LogP contribution in [0, 0.1) is 11.3 Å². The number of benzene rings is 1. The van der Waals surface area contributed by atoms with Crippen molar-refractivity contribution in [1.29, 1.82) is 5.26 Å². The highest BCUT2D eigenvalue weighted by atomic mass is 16.5. The van der Waals surface area contributed by atoms with Crippen LogP contribution in [0.15, 0.2) is 18.2 Å². The second-order valence-corrected chi connectivity index (χ2v) is 3.56. The van der Waals surface area contributed by atoms with Crippen LogP contribution < -0.4 is 9.47 Å². The van der Waals surface area contributed by atoms with Crippen molar-refractivity contribution in [1.82, 2.24) is 0 Å². The summed E-state index contributed by atoms with van der Waals surface area (Å²) in [5, 5.41) is 17.8. The molecule has 1 rings (SSSR count). The average Bonchev–Trinajstić information content (AvgIpc) is 2.43. The van der Waals surface area contributed by atoms with E-state index in [1.165, 1.54) is 7.11 Å². The van der Waals surface area contributed by atoms with Gasteiger partial charge in [0.05, 0.1) is 26.9 Å². The van der Waals surface area contributed by atoms with Gasteiger partial charge < -0.3 is 19.3 Å². The van der Waals surface area contributed by atoms with Crippen LogP contribution in [0.2, 0.25) is 0 Å². The van der Waals surface area contributed by atoms with E-state index in [-0.39, 0.29) is 6.61 Å². The molecule has 5 heteroatoms. The smallest absolute Gasteiger partial charge is 0.172 e. The normalized spacial score (nSPS) is 11.7. The highest BCUT2D eigenvalue weighted by Gasteiger charge is 2.16. The molecule has 1 aromatic rings. The van der Waals surface area contributed by atoms with Crippen LogP contribution in [0.25, 0.3) is 0 Å². The number of nitrogens with zero attached hydrogens (tertiary/aromatic N) is 1. The molecule has 0 heterocycles. The lowest BCUT2D eigenvalue weighted by atomic mass is 10.1. The predicted molar refractivity (Wildman–Crippen MR) is 65.6 cm³/mol. The fourth-order valence-corrected chi connectivity index (χ4v) is 1.50. The molecule has 1 unspecified atom stereocenters. The Morgan fingerprint density at radius 3 is 2.67 bits per heavy atom. The largest absolute Gasteiger partial charge is 0.497 e. The number of methoxy groups -OCH3 is 2. The van der Waals surface area contributed by atoms with Gasteiger partial charge in [-0.25, -0.2) is 0 Å². The van der Waals surface area contributed by atoms with Gasteiger partial charge in [-0.15, -0.1) is 0 Å². The van der Waals surface area contributed by atoms with Crippen molar-refractivity contribution in [3.05, 3.63) is 23.8 Å². The molecule has 0 aliphatic rings. The molecule has 0 bridgehead atoms. The molecule has 98 valence electrons. The fourth-order valence-electron chi connectivity index (χ4n) is 1.50. The standard InChI is InChI=1S/C13H17NO4/c1-16-10-4-5-11(12(8-10)17-2)13(9-14)18-7-3-6-15/h4-5,8,13,15H,3,6-7H2,1-2H3. The summed E-state index contributed by atoms with van der Waals surface area (Å²) >= 11 is 0. The molecule has 0 aliphatic heterocycles. The Kier molecular flexibility index (Phi) is 5.98. The van der Waals surface area contributed by atoms with Gasteiger partial charge in [-0.1, -0.05) is 0 Å². The van der Waals surface area contributed by atoms with Crippen molar-refractivity contribution >= 4 is 0 Å². The molecule has 18 heavy (non-hydrogen) atoms. The van der Waals surface area contributed by atoms with Gasteiger partial charge in [0.25, 0.3) is 0 Å². The third-order valence-corrected chi connectivity index (χ3v) is 2.43. The van der Waals surface area contributed by atoms with E-state index >= 15 is 0 Å². The Balaban J connectivity index is 2.88. The summed E-state index contributed by atoms with van der Waals surface area (Å²) in [4.78, 5) is 0. The Morgan fingerprint density at radius 1 is 1.33 bits per heavy atom. The zero-order chi connectivity index (χ0) is 13.4. The van der Waals surface area contributed by atoms with Crippen LogP contribution in [-0.4, -0.2) is 32.5 Å². The van der Waals surface area contributed by atoms with Gasteiger partial charge >= 0.3 is 0 Å². The first-order chi connectivity index (χ1) is 8.76. The SMILES string of the molecule is COc1ccc(C(C#N)OCCCO)c(OC)c1. The molecule has 1 atom stereocenters. The summed E-state index contributed by atoms with van der Waals surface area (Å²) in [5.74, 6) is 1.20. The van der Waals surface area contributed by atoms with Crippen molar-refractivity contribution in [2.24, 2.45) is 0 Å². The molecule has 0 aromatic heterocycles. The van der Waals surface area contributed by atoms with Crippen molar-refractivity contribution in [2.75, 3.05) is 27.4 Å². The molecule has 0 spiro atoms. The van der Waals surface area contributed by atoms with E-state index in [1.807, 2.05) is 0 Å². The first-order valence-corrected chi connectivity index (χ1v) is 5.60. The van der Waals surface area contributed by atoms with E-state index < -0.39 is 6.10 Å². The van der Waals surface area contributed by atoms with E-state index in [9.17, 15) is 0 Å². The van der Waals surface area contributed by atoms with Crippen LogP contribution in [0.1, 0.15) is 18.1 Å². The summed E-state index contributed by atoms with van der Waals surface area (Å²) in [7, 11) is 3.09. The van der Waals surface area contributed by atoms with Crippen molar-refractivity contribution in [3.63, 3.8) is 0 Å². The van der Waals surface area contributed by atoms with Crippen LogP contribution in [0.5, 0.6) is 11.5 Å². The van der Waals surface area contributed by atoms with Crippen LogP contribution >= 0.6 is 0 Å². The third-order valence-electron chi connectivity index (χ3n) is 2.43. The molecule has 1 N–H and O–H groups in total. The quantitative estimate of drug-likeness (QED) is 0.746. The molecule has 0 amide bonds. The fraction of sp³-hybridized carbons (Fsp3) is 0.462. The zero-order valence-corrected chi connectivity index (χ0v) is 10.5. The van der Waals surface area contributed by atoms with Crippen molar-refractivity contribution in [3.8, 4) is 17.6 Å². The van der Waals surface area contributed by atoms with E-state index in [0.717, 1.165) is 0 Å². The van der Waals surface area contributed by atoms with E-state index in [2.05, 4.69) is 6.07 Å². The van der Waals surface area contributed by atoms with Crippen LogP contribution in [-0.2, 0) is 4.74 Å². The second-order valence-electron chi connectivity index (χ2n) is 3.56. The maximum Gasteiger partial charge on any atom is 0.172 e. The summed E-state index contributed by atoms with van der Waals surface area (Å²) in [6, 6.07) is 7.26. The molecule has 1 aromatic carbocycles. The summed E-state index contributed by atoms with van der Waals surface area (Å²) in [5.41, 5.74) is 0.652. The second kappa shape index (κ2) is 7.54. The van der Waals surface area contributed by atoms with Crippen LogP contribution in [0.4, 0.5) is 0 Å². The highest BCUT2D eigenvalue weighted by molar-refractivity contribution is 5.43. The van der Waals surface area contributed by atoms with Crippen LogP contribution in [0.3, 0.4) is 0 Å². The van der Waals surface area contributed by atoms with Gasteiger partial charge in [-0.2, -0.15) is 5.26 Å². The Hall–Kier alpha value is -1.77. The number of rotatable bonds is 7. The number of aliphatic hydroxyl groups is 1. The number of hydrogen-bond donors (Lipinski definition) is 1. The summed E-state index contributed by atoms with van der Waals surface area (Å²) in [6.45, 7) is 0.363. The first kappa shape index (κ1) is 14.3. The number of nitriles is 1. The van der Waals surface area contributed by atoms with Gasteiger partial charge in [-0.3, -0.25) is 0 Å². The van der Waals surface area contributed by atoms with Gasteiger partial charge in [0.1, 0.15) is 11.5 Å². The van der Waals surface area contributed by atoms with Gasteiger partial charge in [0, 0.05) is 18.2 Å². The molecule has 0 radical (unpaired) electrons. The van der Waals surface area contributed by atoms with Gasteiger partial charge in [0.15, 0.2) is 6.10 Å². The monoisotopic (exact) mass is 251 g/mol. The summed E-state index contributed by atoms with van der Waals surface area (Å²) in [6.07, 6.45) is -0.214. The molecule has 0 saturated heterocycles. The van der Waals surface area contributed by atoms with E-state index in [0.29, 0.717) is 30.1 Å². The molecule has 0 aliphatic carbocycles. The Morgan fingerprint density at radius 2 is 2.11 bits per heavy atom. The predicted octanol–water partition coefficient (Wildman–Crippen LogP) is 1.67.